The van der Waals surface area contributed by atoms with Crippen LogP contribution in [0.3, 0.4) is 0 Å². The molecule has 0 aromatic carbocycles. The van der Waals surface area contributed by atoms with E-state index in [1.165, 1.54) is 6.07 Å². The van der Waals surface area contributed by atoms with Crippen LogP contribution in [0.2, 0.25) is 0 Å². The van der Waals surface area contributed by atoms with E-state index in [0.717, 1.165) is 25.4 Å². The second kappa shape index (κ2) is 9.69. The van der Waals surface area contributed by atoms with Gasteiger partial charge in [-0.05, 0) is 25.1 Å². The molecule has 0 bridgehead atoms. The minimum atomic E-state index is -4.40. The molecule has 0 radical (unpaired) electrons. The van der Waals surface area contributed by atoms with E-state index in [1.54, 1.807) is 0 Å². The summed E-state index contributed by atoms with van der Waals surface area (Å²) in [4.78, 5) is 8.11. The molecule has 0 spiro atoms. The number of aliphatic imine (C=N–C) groups is 1. The molecule has 9 heteroatoms. The van der Waals surface area contributed by atoms with Crippen LogP contribution in [0.1, 0.15) is 12.5 Å². The molecule has 2 aromatic rings. The molecule has 0 saturated heterocycles. The van der Waals surface area contributed by atoms with Gasteiger partial charge in [0.05, 0.1) is 18.7 Å². The summed E-state index contributed by atoms with van der Waals surface area (Å²) in [5.41, 5.74) is -0.799. The predicted molar refractivity (Wildman–Crippen MR) is 93.1 cm³/mol. The number of nitrogens with zero attached hydrogens (tertiary/aromatic N) is 3. The third-order valence-electron chi connectivity index (χ3n) is 3.35. The van der Waals surface area contributed by atoms with Crippen LogP contribution in [0.15, 0.2) is 47.8 Å². The lowest BCUT2D eigenvalue weighted by molar-refractivity contribution is -0.137. The highest BCUT2D eigenvalue weighted by molar-refractivity contribution is 5.79. The van der Waals surface area contributed by atoms with Crippen molar-refractivity contribution < 1.29 is 17.9 Å². The Morgan fingerprint density at radius 3 is 2.62 bits per heavy atom. The molecule has 142 valence electrons. The zero-order chi connectivity index (χ0) is 18.8. The van der Waals surface area contributed by atoms with Crippen LogP contribution in [-0.2, 0) is 12.7 Å². The van der Waals surface area contributed by atoms with Crippen molar-refractivity contribution in [3.63, 3.8) is 0 Å². The van der Waals surface area contributed by atoms with Crippen LogP contribution in [0, 0.1) is 0 Å². The molecule has 0 amide bonds. The maximum atomic E-state index is 12.5. The molecular formula is C17H22F3N5O. The number of nitrogens with one attached hydrogen (secondary N) is 2. The first-order chi connectivity index (χ1) is 12.5. The van der Waals surface area contributed by atoms with E-state index < -0.39 is 11.7 Å². The van der Waals surface area contributed by atoms with E-state index in [4.69, 9.17) is 4.74 Å². The molecule has 2 heterocycles. The fourth-order valence-corrected chi connectivity index (χ4v) is 2.10. The Labute approximate surface area is 150 Å². The topological polar surface area (TPSA) is 63.5 Å². The Morgan fingerprint density at radius 2 is 2.00 bits per heavy atom. The number of hydrogen-bond donors (Lipinski definition) is 2. The van der Waals surface area contributed by atoms with Gasteiger partial charge in [0.1, 0.15) is 6.61 Å². The molecule has 0 aliphatic heterocycles. The maximum absolute atomic E-state index is 12.5. The summed E-state index contributed by atoms with van der Waals surface area (Å²) >= 11 is 0. The molecule has 6 nitrogen and oxygen atoms in total. The van der Waals surface area contributed by atoms with Crippen molar-refractivity contribution in [2.24, 2.45) is 4.99 Å². The minimum absolute atomic E-state index is 0.148. The van der Waals surface area contributed by atoms with E-state index in [9.17, 15) is 13.2 Å². The second-order valence-corrected chi connectivity index (χ2v) is 5.34. The Bertz CT molecular complexity index is 669. The van der Waals surface area contributed by atoms with Gasteiger partial charge in [-0.15, -0.1) is 0 Å². The van der Waals surface area contributed by atoms with Gasteiger partial charge < -0.3 is 19.9 Å². The predicted octanol–water partition coefficient (Wildman–Crippen LogP) is 2.54. The van der Waals surface area contributed by atoms with Gasteiger partial charge in [0.15, 0.2) is 5.96 Å². The van der Waals surface area contributed by atoms with Crippen LogP contribution in [-0.4, -0.2) is 41.8 Å². The summed E-state index contributed by atoms with van der Waals surface area (Å²) in [5, 5.41) is 6.22. The number of alkyl halides is 3. The Balaban J connectivity index is 1.73. The number of rotatable bonds is 8. The lowest BCUT2D eigenvalue weighted by Gasteiger charge is -2.12. The Morgan fingerprint density at radius 1 is 1.23 bits per heavy atom. The largest absolute Gasteiger partial charge is 0.476 e. The van der Waals surface area contributed by atoms with Crippen LogP contribution in [0.25, 0.3) is 0 Å². The lowest BCUT2D eigenvalue weighted by atomic mass is 10.3. The molecule has 0 fully saturated rings. The van der Waals surface area contributed by atoms with Gasteiger partial charge in [0.25, 0.3) is 0 Å². The van der Waals surface area contributed by atoms with Gasteiger partial charge in [0.2, 0.25) is 5.88 Å². The number of pyridine rings is 1. The Hall–Kier alpha value is -2.71. The maximum Gasteiger partial charge on any atom is 0.417 e. The van der Waals surface area contributed by atoms with Gasteiger partial charge in [-0.2, -0.15) is 13.2 Å². The molecule has 2 N–H and O–H groups in total. The third-order valence-corrected chi connectivity index (χ3v) is 3.35. The lowest BCUT2D eigenvalue weighted by Crippen LogP contribution is -2.39. The Kier molecular flexibility index (Phi) is 7.31. The summed E-state index contributed by atoms with van der Waals surface area (Å²) in [6.45, 7) is 4.77. The molecule has 0 saturated carbocycles. The van der Waals surface area contributed by atoms with E-state index in [-0.39, 0.29) is 12.5 Å². The second-order valence-electron chi connectivity index (χ2n) is 5.34. The van der Waals surface area contributed by atoms with Gasteiger partial charge in [-0.25, -0.2) is 4.98 Å². The van der Waals surface area contributed by atoms with Crippen LogP contribution in [0.4, 0.5) is 13.2 Å². The van der Waals surface area contributed by atoms with Crippen LogP contribution in [0.5, 0.6) is 5.88 Å². The first-order valence-corrected chi connectivity index (χ1v) is 8.28. The normalized spacial score (nSPS) is 12.1. The van der Waals surface area contributed by atoms with Crippen molar-refractivity contribution in [2.45, 2.75) is 19.6 Å². The van der Waals surface area contributed by atoms with Crippen molar-refractivity contribution in [2.75, 3.05) is 26.2 Å². The number of hydrogen-bond acceptors (Lipinski definition) is 3. The number of guanidine groups is 1. The van der Waals surface area contributed by atoms with E-state index in [2.05, 4.69) is 20.6 Å². The van der Waals surface area contributed by atoms with Crippen molar-refractivity contribution >= 4 is 5.96 Å². The zero-order valence-corrected chi connectivity index (χ0v) is 14.5. The van der Waals surface area contributed by atoms with Crippen molar-refractivity contribution in [3.8, 4) is 5.88 Å². The van der Waals surface area contributed by atoms with Crippen LogP contribution >= 0.6 is 0 Å². The quantitative estimate of drug-likeness (QED) is 0.426. The molecule has 0 aliphatic rings. The first-order valence-electron chi connectivity index (χ1n) is 8.28. The fourth-order valence-electron chi connectivity index (χ4n) is 2.10. The van der Waals surface area contributed by atoms with Gasteiger partial charge >= 0.3 is 6.18 Å². The fraction of sp³-hybridized carbons (Fsp3) is 0.412. The van der Waals surface area contributed by atoms with Crippen molar-refractivity contribution in [1.82, 2.24) is 20.2 Å². The zero-order valence-electron chi connectivity index (χ0n) is 14.5. The van der Waals surface area contributed by atoms with Gasteiger partial charge in [0, 0.05) is 37.7 Å². The SMILES string of the molecule is CCNC(=NCCn1cccc1)NCCOc1ccc(C(F)(F)F)cn1. The molecule has 2 aromatic heterocycles. The summed E-state index contributed by atoms with van der Waals surface area (Å²) in [6, 6.07) is 6.07. The molecule has 0 aliphatic carbocycles. The number of aromatic nitrogens is 2. The van der Waals surface area contributed by atoms with Crippen molar-refractivity contribution in [3.05, 3.63) is 48.4 Å². The molecule has 2 rings (SSSR count). The highest BCUT2D eigenvalue weighted by Gasteiger charge is 2.30. The van der Waals surface area contributed by atoms with Crippen molar-refractivity contribution in [1.29, 1.82) is 0 Å². The molecular weight excluding hydrogens is 347 g/mol. The van der Waals surface area contributed by atoms with Crippen LogP contribution < -0.4 is 15.4 Å². The average molecular weight is 369 g/mol. The molecule has 26 heavy (non-hydrogen) atoms. The third kappa shape index (κ3) is 6.66. The van der Waals surface area contributed by atoms with E-state index in [0.29, 0.717) is 19.0 Å². The van der Waals surface area contributed by atoms with E-state index in [1.807, 2.05) is 36.0 Å². The highest BCUT2D eigenvalue weighted by atomic mass is 19.4. The summed E-state index contributed by atoms with van der Waals surface area (Å²) < 4.78 is 44.8. The minimum Gasteiger partial charge on any atom is -0.476 e. The highest BCUT2D eigenvalue weighted by Crippen LogP contribution is 2.29. The van der Waals surface area contributed by atoms with Gasteiger partial charge in [-0.1, -0.05) is 0 Å². The average Bonchev–Trinajstić information content (AvgIpc) is 3.11. The number of halogens is 3. The van der Waals surface area contributed by atoms with E-state index >= 15 is 0 Å². The first kappa shape index (κ1) is 19.6. The van der Waals surface area contributed by atoms with Gasteiger partial charge in [-0.3, -0.25) is 4.99 Å². The summed E-state index contributed by atoms with van der Waals surface area (Å²) in [6.07, 6.45) is 0.308. The molecule has 0 atom stereocenters. The molecule has 0 unspecified atom stereocenters. The summed E-state index contributed by atoms with van der Waals surface area (Å²) in [7, 11) is 0. The number of ether oxygens (including phenoxy) is 1. The standard InChI is InChI=1S/C17H22F3N5O/c1-2-21-16(22-7-11-25-9-3-4-10-25)23-8-12-26-15-6-5-14(13-24-15)17(18,19)20/h3-6,9-10,13H,2,7-8,11-12H2,1H3,(H2,21,22,23). The summed E-state index contributed by atoms with van der Waals surface area (Å²) in [5.74, 6) is 0.804. The smallest absolute Gasteiger partial charge is 0.417 e. The monoisotopic (exact) mass is 369 g/mol.